The second-order valence-corrected chi connectivity index (χ2v) is 7.58. The van der Waals surface area contributed by atoms with Gasteiger partial charge in [-0.3, -0.25) is 4.79 Å². The fraction of sp³-hybridized carbons (Fsp3) is 0.500. The Hall–Kier alpha value is -1.56. The van der Waals surface area contributed by atoms with Crippen LogP contribution in [0.4, 0.5) is 11.4 Å². The number of carbonyl (C=O) groups excluding carboxylic acids is 1. The van der Waals surface area contributed by atoms with Gasteiger partial charge in [-0.05, 0) is 37.5 Å². The maximum Gasteiger partial charge on any atom is 0.221 e. The number of benzene rings is 1. The quantitative estimate of drug-likeness (QED) is 0.894. The Labute approximate surface area is 119 Å². The van der Waals surface area contributed by atoms with E-state index >= 15 is 0 Å². The van der Waals surface area contributed by atoms with Crippen molar-refractivity contribution >= 4 is 27.1 Å². The number of rotatable bonds is 3. The fourth-order valence-electron chi connectivity index (χ4n) is 2.31. The molecular formula is C14H20N2O3S. The molecule has 2 rings (SSSR count). The van der Waals surface area contributed by atoms with Crippen LogP contribution in [0.25, 0.3) is 0 Å². The molecule has 1 heterocycles. The molecule has 0 atom stereocenters. The molecule has 0 unspecified atom stereocenters. The molecule has 6 heteroatoms. The summed E-state index contributed by atoms with van der Waals surface area (Å²) in [7, 11) is -2.84. The number of sulfone groups is 1. The molecule has 1 amide bonds. The second kappa shape index (κ2) is 5.83. The first-order valence-corrected chi connectivity index (χ1v) is 8.53. The molecule has 0 aliphatic carbocycles. The molecule has 2 N–H and O–H groups in total. The van der Waals surface area contributed by atoms with E-state index in [1.807, 2.05) is 25.1 Å². The lowest BCUT2D eigenvalue weighted by atomic mass is 10.1. The predicted octanol–water partition coefficient (Wildman–Crippen LogP) is 1.94. The number of hydrogen-bond donors (Lipinski definition) is 2. The Morgan fingerprint density at radius 1 is 1.25 bits per heavy atom. The zero-order valence-electron chi connectivity index (χ0n) is 11.8. The molecule has 1 fully saturated rings. The van der Waals surface area contributed by atoms with Crippen molar-refractivity contribution in [1.29, 1.82) is 0 Å². The summed E-state index contributed by atoms with van der Waals surface area (Å²) in [6.07, 6.45) is 1.26. The summed E-state index contributed by atoms with van der Waals surface area (Å²) in [5.41, 5.74) is 2.77. The summed E-state index contributed by atoms with van der Waals surface area (Å²) in [6, 6.07) is 5.85. The Balaban J connectivity index is 2.07. The molecule has 1 aromatic rings. The number of carbonyl (C=O) groups is 1. The topological polar surface area (TPSA) is 75.3 Å². The third kappa shape index (κ3) is 3.96. The van der Waals surface area contributed by atoms with Crippen molar-refractivity contribution in [3.8, 4) is 0 Å². The normalized spacial score (nSPS) is 18.5. The average Bonchev–Trinajstić information content (AvgIpc) is 2.35. The Morgan fingerprint density at radius 3 is 2.50 bits per heavy atom. The van der Waals surface area contributed by atoms with E-state index in [0.29, 0.717) is 12.8 Å². The Morgan fingerprint density at radius 2 is 1.90 bits per heavy atom. The van der Waals surface area contributed by atoms with Crippen LogP contribution in [0.1, 0.15) is 25.3 Å². The van der Waals surface area contributed by atoms with E-state index in [1.54, 1.807) is 0 Å². The highest BCUT2D eigenvalue weighted by atomic mass is 32.2. The van der Waals surface area contributed by atoms with Crippen LogP contribution < -0.4 is 10.6 Å². The van der Waals surface area contributed by atoms with Gasteiger partial charge < -0.3 is 10.6 Å². The molecule has 5 nitrogen and oxygen atoms in total. The SMILES string of the molecule is CC(=O)Nc1ccc(C)c(NC2CCS(=O)(=O)CC2)c1. The van der Waals surface area contributed by atoms with Crippen molar-refractivity contribution in [2.75, 3.05) is 22.1 Å². The van der Waals surface area contributed by atoms with Crippen molar-refractivity contribution in [2.24, 2.45) is 0 Å². The van der Waals surface area contributed by atoms with E-state index in [9.17, 15) is 13.2 Å². The largest absolute Gasteiger partial charge is 0.382 e. The summed E-state index contributed by atoms with van der Waals surface area (Å²) >= 11 is 0. The third-order valence-corrected chi connectivity index (χ3v) is 5.19. The minimum Gasteiger partial charge on any atom is -0.382 e. The van der Waals surface area contributed by atoms with Crippen molar-refractivity contribution < 1.29 is 13.2 Å². The van der Waals surface area contributed by atoms with Gasteiger partial charge in [0, 0.05) is 24.3 Å². The van der Waals surface area contributed by atoms with Gasteiger partial charge in [-0.25, -0.2) is 8.42 Å². The van der Waals surface area contributed by atoms with Crippen LogP contribution in [-0.4, -0.2) is 31.9 Å². The Kier molecular flexibility index (Phi) is 4.32. The van der Waals surface area contributed by atoms with Crippen LogP contribution in [0.2, 0.25) is 0 Å². The van der Waals surface area contributed by atoms with E-state index in [4.69, 9.17) is 0 Å². The summed E-state index contributed by atoms with van der Waals surface area (Å²) in [5.74, 6) is 0.382. The summed E-state index contributed by atoms with van der Waals surface area (Å²) in [6.45, 7) is 3.46. The molecule has 20 heavy (non-hydrogen) atoms. The molecule has 0 spiro atoms. The van der Waals surface area contributed by atoms with Gasteiger partial charge in [0.15, 0.2) is 0 Å². The van der Waals surface area contributed by atoms with Crippen molar-refractivity contribution in [1.82, 2.24) is 0 Å². The molecule has 0 aromatic heterocycles. The van der Waals surface area contributed by atoms with Gasteiger partial charge in [-0.15, -0.1) is 0 Å². The minimum atomic E-state index is -2.84. The van der Waals surface area contributed by atoms with E-state index in [1.165, 1.54) is 6.92 Å². The van der Waals surface area contributed by atoms with Crippen molar-refractivity contribution in [2.45, 2.75) is 32.7 Å². The predicted molar refractivity (Wildman–Crippen MR) is 80.8 cm³/mol. The van der Waals surface area contributed by atoms with Crippen molar-refractivity contribution in [3.63, 3.8) is 0 Å². The maximum absolute atomic E-state index is 11.4. The van der Waals surface area contributed by atoms with Gasteiger partial charge >= 0.3 is 0 Å². The molecule has 0 radical (unpaired) electrons. The molecule has 0 bridgehead atoms. The third-order valence-electron chi connectivity index (χ3n) is 3.47. The highest BCUT2D eigenvalue weighted by Crippen LogP contribution is 2.24. The monoisotopic (exact) mass is 296 g/mol. The van der Waals surface area contributed by atoms with Crippen LogP contribution in [0.15, 0.2) is 18.2 Å². The van der Waals surface area contributed by atoms with E-state index in [0.717, 1.165) is 16.9 Å². The highest BCUT2D eigenvalue weighted by molar-refractivity contribution is 7.91. The van der Waals surface area contributed by atoms with Gasteiger partial charge in [-0.2, -0.15) is 0 Å². The van der Waals surface area contributed by atoms with Crippen LogP contribution in [0.5, 0.6) is 0 Å². The van der Waals surface area contributed by atoms with E-state index in [-0.39, 0.29) is 23.5 Å². The lowest BCUT2D eigenvalue weighted by molar-refractivity contribution is -0.114. The molecule has 1 aromatic carbocycles. The molecule has 1 aliphatic rings. The first-order chi connectivity index (χ1) is 9.35. The zero-order valence-corrected chi connectivity index (χ0v) is 12.6. The highest BCUT2D eigenvalue weighted by Gasteiger charge is 2.23. The van der Waals surface area contributed by atoms with Crippen LogP contribution in [0, 0.1) is 6.92 Å². The van der Waals surface area contributed by atoms with Crippen LogP contribution >= 0.6 is 0 Å². The lowest BCUT2D eigenvalue weighted by Crippen LogP contribution is -2.32. The van der Waals surface area contributed by atoms with Gasteiger partial charge in [0.05, 0.1) is 11.5 Å². The summed E-state index contributed by atoms with van der Waals surface area (Å²) < 4.78 is 22.8. The van der Waals surface area contributed by atoms with E-state index in [2.05, 4.69) is 10.6 Å². The average molecular weight is 296 g/mol. The molecular weight excluding hydrogens is 276 g/mol. The lowest BCUT2D eigenvalue weighted by Gasteiger charge is -2.25. The summed E-state index contributed by atoms with van der Waals surface area (Å²) in [4.78, 5) is 11.1. The molecule has 0 saturated carbocycles. The number of hydrogen-bond acceptors (Lipinski definition) is 4. The number of amides is 1. The molecule has 1 aliphatic heterocycles. The van der Waals surface area contributed by atoms with Gasteiger partial charge in [0.2, 0.25) is 5.91 Å². The Bertz CT molecular complexity index is 597. The molecule has 1 saturated heterocycles. The van der Waals surface area contributed by atoms with Crippen LogP contribution in [0.3, 0.4) is 0 Å². The first-order valence-electron chi connectivity index (χ1n) is 6.71. The minimum absolute atomic E-state index is 0.108. The summed E-state index contributed by atoms with van der Waals surface area (Å²) in [5, 5.41) is 6.13. The van der Waals surface area contributed by atoms with Crippen LogP contribution in [-0.2, 0) is 14.6 Å². The molecule has 110 valence electrons. The maximum atomic E-state index is 11.4. The fourth-order valence-corrected chi connectivity index (χ4v) is 3.80. The first kappa shape index (κ1) is 14.8. The number of anilines is 2. The van der Waals surface area contributed by atoms with E-state index < -0.39 is 9.84 Å². The number of nitrogens with one attached hydrogen (secondary N) is 2. The van der Waals surface area contributed by atoms with Gasteiger partial charge in [-0.1, -0.05) is 6.07 Å². The smallest absolute Gasteiger partial charge is 0.221 e. The van der Waals surface area contributed by atoms with Crippen molar-refractivity contribution in [3.05, 3.63) is 23.8 Å². The van der Waals surface area contributed by atoms with Gasteiger partial charge in [0.25, 0.3) is 0 Å². The second-order valence-electron chi connectivity index (χ2n) is 5.28. The zero-order chi connectivity index (χ0) is 14.8. The number of aryl methyl sites for hydroxylation is 1. The van der Waals surface area contributed by atoms with Gasteiger partial charge in [0.1, 0.15) is 9.84 Å². The standard InChI is InChI=1S/C14H20N2O3S/c1-10-3-4-13(15-11(2)17)9-14(10)16-12-5-7-20(18,19)8-6-12/h3-4,9,12,16H,5-8H2,1-2H3,(H,15,17).